The van der Waals surface area contributed by atoms with Crippen molar-refractivity contribution >= 4 is 11.8 Å². The topological polar surface area (TPSA) is 59.0 Å². The maximum absolute atomic E-state index is 12.1. The molecule has 1 heterocycles. The van der Waals surface area contributed by atoms with E-state index in [-0.39, 0.29) is 12.1 Å². The fraction of sp³-hybridized carbons (Fsp3) is 0.375. The molecular weight excluding hydrogens is 264 g/mol. The fourth-order valence-electron chi connectivity index (χ4n) is 2.89. The van der Waals surface area contributed by atoms with Crippen molar-refractivity contribution in [2.75, 3.05) is 5.32 Å². The number of benzene rings is 1. The van der Waals surface area contributed by atoms with Gasteiger partial charge in [0.1, 0.15) is 5.82 Å². The largest absolute Gasteiger partial charge is 0.335 e. The van der Waals surface area contributed by atoms with Gasteiger partial charge in [0.2, 0.25) is 0 Å². The number of nitrogens with one attached hydrogen (secondary N) is 2. The van der Waals surface area contributed by atoms with Gasteiger partial charge >= 0.3 is 6.03 Å². The average molecular weight is 284 g/mol. The molecule has 0 bridgehead atoms. The molecule has 21 heavy (non-hydrogen) atoms. The zero-order valence-electron chi connectivity index (χ0n) is 12.4. The summed E-state index contributed by atoms with van der Waals surface area (Å²) in [7, 11) is 1.82. The van der Waals surface area contributed by atoms with Crippen LogP contribution in [0.4, 0.5) is 10.6 Å². The number of hydrogen-bond acceptors (Lipinski definition) is 2. The molecule has 1 aromatic heterocycles. The van der Waals surface area contributed by atoms with E-state index in [9.17, 15) is 4.79 Å². The first kappa shape index (κ1) is 13.7. The van der Waals surface area contributed by atoms with E-state index in [1.165, 1.54) is 11.1 Å². The minimum atomic E-state index is -0.164. The van der Waals surface area contributed by atoms with Crippen molar-refractivity contribution < 1.29 is 4.79 Å². The van der Waals surface area contributed by atoms with Crippen molar-refractivity contribution in [2.45, 2.75) is 32.2 Å². The average Bonchev–Trinajstić information content (AvgIpc) is 2.76. The summed E-state index contributed by atoms with van der Waals surface area (Å²) >= 11 is 0. The summed E-state index contributed by atoms with van der Waals surface area (Å²) in [5.41, 5.74) is 3.63. The number of hydrogen-bond donors (Lipinski definition) is 2. The van der Waals surface area contributed by atoms with E-state index in [2.05, 4.69) is 40.0 Å². The predicted molar refractivity (Wildman–Crippen MR) is 82.4 cm³/mol. The molecule has 0 radical (unpaired) electrons. The van der Waals surface area contributed by atoms with E-state index < -0.39 is 0 Å². The summed E-state index contributed by atoms with van der Waals surface area (Å²) < 4.78 is 1.67. The molecule has 110 valence electrons. The molecule has 5 nitrogen and oxygen atoms in total. The van der Waals surface area contributed by atoms with E-state index >= 15 is 0 Å². The second-order valence-electron chi connectivity index (χ2n) is 5.60. The molecule has 2 amide bonds. The molecule has 2 N–H and O–H groups in total. The number of nitrogens with zero attached hydrogens (tertiary/aromatic N) is 2. The van der Waals surface area contributed by atoms with Crippen LogP contribution in [0.5, 0.6) is 0 Å². The van der Waals surface area contributed by atoms with E-state index in [1.807, 2.05) is 20.0 Å². The first-order valence-electron chi connectivity index (χ1n) is 7.27. The van der Waals surface area contributed by atoms with Gasteiger partial charge in [0.25, 0.3) is 0 Å². The summed E-state index contributed by atoms with van der Waals surface area (Å²) in [5, 5.41) is 10.1. The third-order valence-corrected chi connectivity index (χ3v) is 3.93. The summed E-state index contributed by atoms with van der Waals surface area (Å²) in [6, 6.07) is 10.3. The molecule has 0 fully saturated rings. The molecule has 3 rings (SSSR count). The number of urea groups is 1. The highest BCUT2D eigenvalue weighted by Gasteiger charge is 2.20. The van der Waals surface area contributed by atoms with Crippen molar-refractivity contribution in [2.24, 2.45) is 7.05 Å². The number of carbonyl (C=O) groups is 1. The molecule has 5 heteroatoms. The van der Waals surface area contributed by atoms with Crippen molar-refractivity contribution in [1.29, 1.82) is 0 Å². The van der Waals surface area contributed by atoms with Gasteiger partial charge < -0.3 is 5.32 Å². The Morgan fingerprint density at radius 3 is 2.81 bits per heavy atom. The Kier molecular flexibility index (Phi) is 3.64. The van der Waals surface area contributed by atoms with Gasteiger partial charge in [-0.3, -0.25) is 10.00 Å². The van der Waals surface area contributed by atoms with Crippen molar-refractivity contribution in [1.82, 2.24) is 15.1 Å². The number of amides is 2. The second-order valence-corrected chi connectivity index (χ2v) is 5.60. The lowest BCUT2D eigenvalue weighted by molar-refractivity contribution is 0.247. The highest BCUT2D eigenvalue weighted by atomic mass is 16.2. The van der Waals surface area contributed by atoms with Gasteiger partial charge in [0.05, 0.1) is 5.69 Å². The van der Waals surface area contributed by atoms with Crippen LogP contribution in [-0.4, -0.2) is 21.9 Å². The standard InChI is InChI=1S/C16H20N4O/c1-11-9-15(20(2)19-11)18-16(21)17-14-8-7-12-5-3-4-6-13(12)10-14/h3-6,9,14H,7-8,10H2,1-2H3,(H2,17,18,21). The van der Waals surface area contributed by atoms with E-state index in [0.717, 1.165) is 25.0 Å². The zero-order valence-corrected chi connectivity index (χ0v) is 12.4. The van der Waals surface area contributed by atoms with Gasteiger partial charge in [0.15, 0.2) is 0 Å². The summed E-state index contributed by atoms with van der Waals surface area (Å²) in [6.07, 6.45) is 2.90. The van der Waals surface area contributed by atoms with Crippen LogP contribution >= 0.6 is 0 Å². The smallest absolute Gasteiger partial charge is 0.320 e. The van der Waals surface area contributed by atoms with Crippen molar-refractivity contribution in [3.63, 3.8) is 0 Å². The van der Waals surface area contributed by atoms with Crippen LogP contribution < -0.4 is 10.6 Å². The first-order chi connectivity index (χ1) is 10.1. The second kappa shape index (κ2) is 5.60. The van der Waals surface area contributed by atoms with E-state index in [0.29, 0.717) is 5.82 Å². The lowest BCUT2D eigenvalue weighted by Gasteiger charge is -2.25. The predicted octanol–water partition coefficient (Wildman–Crippen LogP) is 2.41. The lowest BCUT2D eigenvalue weighted by atomic mass is 9.88. The Hall–Kier alpha value is -2.30. The minimum Gasteiger partial charge on any atom is -0.335 e. The van der Waals surface area contributed by atoms with Crippen molar-refractivity contribution in [3.05, 3.63) is 47.2 Å². The number of rotatable bonds is 2. The van der Waals surface area contributed by atoms with Gasteiger partial charge in [-0.25, -0.2) is 4.79 Å². The fourth-order valence-corrected chi connectivity index (χ4v) is 2.89. The first-order valence-corrected chi connectivity index (χ1v) is 7.27. The lowest BCUT2D eigenvalue weighted by Crippen LogP contribution is -2.41. The van der Waals surface area contributed by atoms with Gasteiger partial charge in [-0.2, -0.15) is 5.10 Å². The molecule has 0 saturated heterocycles. The van der Waals surface area contributed by atoms with Crippen LogP contribution in [0, 0.1) is 6.92 Å². The number of carbonyl (C=O) groups excluding carboxylic acids is 1. The zero-order chi connectivity index (χ0) is 14.8. The quantitative estimate of drug-likeness (QED) is 0.889. The number of fused-ring (bicyclic) bond motifs is 1. The third-order valence-electron chi connectivity index (χ3n) is 3.93. The summed E-state index contributed by atoms with van der Waals surface area (Å²) in [4.78, 5) is 12.1. The summed E-state index contributed by atoms with van der Waals surface area (Å²) in [5.74, 6) is 0.709. The third kappa shape index (κ3) is 3.07. The monoisotopic (exact) mass is 284 g/mol. The van der Waals surface area contributed by atoms with Gasteiger partial charge in [0, 0.05) is 19.2 Å². The van der Waals surface area contributed by atoms with Crippen LogP contribution in [0.3, 0.4) is 0 Å². The van der Waals surface area contributed by atoms with Gasteiger partial charge in [-0.1, -0.05) is 24.3 Å². The van der Waals surface area contributed by atoms with Crippen molar-refractivity contribution in [3.8, 4) is 0 Å². The summed E-state index contributed by atoms with van der Waals surface area (Å²) in [6.45, 7) is 1.90. The highest BCUT2D eigenvalue weighted by molar-refractivity contribution is 5.88. The Labute approximate surface area is 124 Å². The number of aryl methyl sites for hydroxylation is 3. The van der Waals surface area contributed by atoms with Crippen LogP contribution in [-0.2, 0) is 19.9 Å². The number of anilines is 1. The Balaban J connectivity index is 1.60. The minimum absolute atomic E-state index is 0.164. The SMILES string of the molecule is Cc1cc(NC(=O)NC2CCc3ccccc3C2)n(C)n1. The normalized spacial score (nSPS) is 17.1. The van der Waals surface area contributed by atoms with Gasteiger partial charge in [-0.05, 0) is 37.3 Å². The molecule has 1 aromatic carbocycles. The van der Waals surface area contributed by atoms with Crippen LogP contribution in [0.1, 0.15) is 23.2 Å². The van der Waals surface area contributed by atoms with E-state index in [1.54, 1.807) is 4.68 Å². The molecule has 1 atom stereocenters. The van der Waals surface area contributed by atoms with Gasteiger partial charge in [-0.15, -0.1) is 0 Å². The van der Waals surface area contributed by atoms with E-state index in [4.69, 9.17) is 0 Å². The highest BCUT2D eigenvalue weighted by Crippen LogP contribution is 2.21. The molecule has 1 aliphatic carbocycles. The maximum atomic E-state index is 12.1. The Morgan fingerprint density at radius 1 is 1.33 bits per heavy atom. The Bertz CT molecular complexity index is 662. The number of aromatic nitrogens is 2. The molecule has 0 aliphatic heterocycles. The molecule has 0 spiro atoms. The molecule has 1 aliphatic rings. The van der Waals surface area contributed by atoms with Crippen LogP contribution in [0.2, 0.25) is 0 Å². The molecular formula is C16H20N4O. The van der Waals surface area contributed by atoms with Crippen LogP contribution in [0.25, 0.3) is 0 Å². The molecule has 1 unspecified atom stereocenters. The molecule has 2 aromatic rings. The molecule has 0 saturated carbocycles. The maximum Gasteiger partial charge on any atom is 0.320 e. The Morgan fingerprint density at radius 2 is 2.10 bits per heavy atom. The van der Waals surface area contributed by atoms with Crippen LogP contribution in [0.15, 0.2) is 30.3 Å².